The number of pyridine rings is 1. The number of rotatable bonds is 0. The van der Waals surface area contributed by atoms with E-state index >= 15 is 0 Å². The number of hydrogen-bond donors (Lipinski definition) is 1. The van der Waals surface area contributed by atoms with Crippen molar-refractivity contribution in [3.63, 3.8) is 0 Å². The van der Waals surface area contributed by atoms with Gasteiger partial charge in [0.05, 0.1) is 16.8 Å². The van der Waals surface area contributed by atoms with Gasteiger partial charge >= 0.3 is 6.18 Å². The van der Waals surface area contributed by atoms with E-state index in [1.54, 1.807) is 18.2 Å². The molecule has 1 aromatic carbocycles. The van der Waals surface area contributed by atoms with Gasteiger partial charge in [0.1, 0.15) is 0 Å². The third kappa shape index (κ3) is 1.72. The number of benzene rings is 1. The Morgan fingerprint density at radius 1 is 1.20 bits per heavy atom. The second-order valence-corrected chi connectivity index (χ2v) is 3.14. The number of fused-ring (bicyclic) bond motifs is 1. The number of aromatic nitrogens is 1. The van der Waals surface area contributed by atoms with Gasteiger partial charge in [0, 0.05) is 11.6 Å². The molecule has 2 rings (SSSR count). The topological polar surface area (TPSA) is 38.9 Å². The lowest BCUT2D eigenvalue weighted by Crippen LogP contribution is -2.05. The quantitative estimate of drug-likeness (QED) is 0.682. The Hall–Kier alpha value is -1.78. The summed E-state index contributed by atoms with van der Waals surface area (Å²) < 4.78 is 37.0. The van der Waals surface area contributed by atoms with Crippen LogP contribution in [-0.4, -0.2) is 4.98 Å². The van der Waals surface area contributed by atoms with Crippen LogP contribution in [0.15, 0.2) is 30.5 Å². The Bertz CT molecular complexity index is 505. The van der Waals surface area contributed by atoms with Gasteiger partial charge in [-0.3, -0.25) is 4.98 Å². The molecule has 0 aliphatic heterocycles. The molecule has 0 aliphatic rings. The predicted octanol–water partition coefficient (Wildman–Crippen LogP) is 2.84. The Balaban J connectivity index is 2.68. The van der Waals surface area contributed by atoms with Crippen molar-refractivity contribution in [2.75, 3.05) is 5.73 Å². The van der Waals surface area contributed by atoms with Gasteiger partial charge in [-0.25, -0.2) is 0 Å². The maximum atomic E-state index is 12.3. The van der Waals surface area contributed by atoms with E-state index in [4.69, 9.17) is 5.73 Å². The van der Waals surface area contributed by atoms with E-state index < -0.39 is 11.7 Å². The van der Waals surface area contributed by atoms with Crippen LogP contribution in [0.4, 0.5) is 18.9 Å². The Morgan fingerprint density at radius 3 is 2.60 bits per heavy atom. The molecular formula is C10H7F3N2. The number of alkyl halides is 3. The molecule has 0 amide bonds. The fraction of sp³-hybridized carbons (Fsp3) is 0.100. The smallest absolute Gasteiger partial charge is 0.397 e. The van der Waals surface area contributed by atoms with Crippen molar-refractivity contribution >= 4 is 16.6 Å². The Morgan fingerprint density at radius 2 is 1.93 bits per heavy atom. The molecule has 0 saturated heterocycles. The van der Waals surface area contributed by atoms with Crippen LogP contribution in [0, 0.1) is 0 Å². The van der Waals surface area contributed by atoms with Crippen LogP contribution in [0.5, 0.6) is 0 Å². The minimum absolute atomic E-state index is 0.376. The van der Waals surface area contributed by atoms with E-state index in [-0.39, 0.29) is 0 Å². The van der Waals surface area contributed by atoms with E-state index in [2.05, 4.69) is 4.98 Å². The molecule has 2 nitrogen and oxygen atoms in total. The molecule has 78 valence electrons. The van der Waals surface area contributed by atoms with Crippen molar-refractivity contribution in [1.29, 1.82) is 0 Å². The summed E-state index contributed by atoms with van der Waals surface area (Å²) in [7, 11) is 0. The molecule has 15 heavy (non-hydrogen) atoms. The second-order valence-electron chi connectivity index (χ2n) is 3.14. The number of nitrogens with two attached hydrogens (primary N) is 1. The van der Waals surface area contributed by atoms with Crippen molar-refractivity contribution in [2.24, 2.45) is 0 Å². The van der Waals surface area contributed by atoms with Crippen LogP contribution < -0.4 is 5.73 Å². The van der Waals surface area contributed by atoms with E-state index in [1.807, 2.05) is 0 Å². The maximum Gasteiger partial charge on any atom is 0.417 e. The van der Waals surface area contributed by atoms with Crippen molar-refractivity contribution in [3.8, 4) is 0 Å². The number of para-hydroxylation sites is 1. The summed E-state index contributed by atoms with van der Waals surface area (Å²) in [5, 5.41) is 0.393. The highest BCUT2D eigenvalue weighted by Gasteiger charge is 2.31. The SMILES string of the molecule is Nc1cccc2cc(C(F)(F)F)cnc12. The van der Waals surface area contributed by atoms with Crippen LogP contribution in [0.2, 0.25) is 0 Å². The van der Waals surface area contributed by atoms with Crippen molar-refractivity contribution < 1.29 is 13.2 Å². The van der Waals surface area contributed by atoms with Crippen molar-refractivity contribution in [2.45, 2.75) is 6.18 Å². The fourth-order valence-electron chi connectivity index (χ4n) is 1.34. The van der Waals surface area contributed by atoms with Crippen molar-refractivity contribution in [1.82, 2.24) is 4.98 Å². The van der Waals surface area contributed by atoms with Gasteiger partial charge in [0.2, 0.25) is 0 Å². The monoisotopic (exact) mass is 212 g/mol. The first-order chi connectivity index (χ1) is 6.98. The van der Waals surface area contributed by atoms with Gasteiger partial charge in [0.15, 0.2) is 0 Å². The normalized spacial score (nSPS) is 11.9. The van der Waals surface area contributed by atoms with Gasteiger partial charge in [-0.2, -0.15) is 13.2 Å². The molecule has 0 radical (unpaired) electrons. The van der Waals surface area contributed by atoms with Gasteiger partial charge in [-0.1, -0.05) is 12.1 Å². The molecule has 0 unspecified atom stereocenters. The zero-order valence-electron chi connectivity index (χ0n) is 7.55. The molecule has 2 N–H and O–H groups in total. The Labute approximate surface area is 83.5 Å². The van der Waals surface area contributed by atoms with E-state index in [0.717, 1.165) is 12.3 Å². The largest absolute Gasteiger partial charge is 0.417 e. The zero-order chi connectivity index (χ0) is 11.1. The lowest BCUT2D eigenvalue weighted by atomic mass is 10.1. The first-order valence-corrected chi connectivity index (χ1v) is 4.20. The minimum atomic E-state index is -4.37. The van der Waals surface area contributed by atoms with Gasteiger partial charge in [0.25, 0.3) is 0 Å². The molecule has 2 aromatic rings. The van der Waals surface area contributed by atoms with Gasteiger partial charge < -0.3 is 5.73 Å². The Kier molecular flexibility index (Phi) is 2.03. The van der Waals surface area contributed by atoms with E-state index in [1.165, 1.54) is 0 Å². The third-order valence-corrected chi connectivity index (χ3v) is 2.07. The molecule has 5 heteroatoms. The fourth-order valence-corrected chi connectivity index (χ4v) is 1.34. The lowest BCUT2D eigenvalue weighted by Gasteiger charge is -2.07. The van der Waals surface area contributed by atoms with Crippen LogP contribution in [0.25, 0.3) is 10.9 Å². The molecule has 0 atom stereocenters. The number of nitrogen functional groups attached to an aromatic ring is 1. The first-order valence-electron chi connectivity index (χ1n) is 4.20. The predicted molar refractivity (Wildman–Crippen MR) is 51.2 cm³/mol. The highest BCUT2D eigenvalue weighted by Crippen LogP contribution is 2.31. The lowest BCUT2D eigenvalue weighted by molar-refractivity contribution is -0.137. The summed E-state index contributed by atoms with van der Waals surface area (Å²) in [5.41, 5.74) is 5.58. The van der Waals surface area contributed by atoms with Gasteiger partial charge in [-0.05, 0) is 12.1 Å². The number of hydrogen-bond acceptors (Lipinski definition) is 2. The minimum Gasteiger partial charge on any atom is -0.397 e. The molecular weight excluding hydrogens is 205 g/mol. The standard InChI is InChI=1S/C10H7F3N2/c11-10(12,13)7-4-6-2-1-3-8(14)9(6)15-5-7/h1-5H,14H2. The van der Waals surface area contributed by atoms with Crippen LogP contribution >= 0.6 is 0 Å². The van der Waals surface area contributed by atoms with Crippen LogP contribution in [0.3, 0.4) is 0 Å². The molecule has 0 bridgehead atoms. The zero-order valence-corrected chi connectivity index (χ0v) is 7.55. The summed E-state index contributed by atoms with van der Waals surface area (Å²) in [5.74, 6) is 0. The van der Waals surface area contributed by atoms with E-state index in [0.29, 0.717) is 16.6 Å². The number of nitrogens with zero attached hydrogens (tertiary/aromatic N) is 1. The number of halogens is 3. The summed E-state index contributed by atoms with van der Waals surface area (Å²) in [4.78, 5) is 3.70. The van der Waals surface area contributed by atoms with Crippen molar-refractivity contribution in [3.05, 3.63) is 36.0 Å². The van der Waals surface area contributed by atoms with Crippen LogP contribution in [0.1, 0.15) is 5.56 Å². The average molecular weight is 212 g/mol. The summed E-state index contributed by atoms with van der Waals surface area (Å²) in [6.45, 7) is 0. The highest BCUT2D eigenvalue weighted by atomic mass is 19.4. The maximum absolute atomic E-state index is 12.3. The van der Waals surface area contributed by atoms with Gasteiger partial charge in [-0.15, -0.1) is 0 Å². The molecule has 0 saturated carbocycles. The summed E-state index contributed by atoms with van der Waals surface area (Å²) in [6.07, 6.45) is -3.58. The highest BCUT2D eigenvalue weighted by molar-refractivity contribution is 5.89. The number of anilines is 1. The molecule has 0 fully saturated rings. The average Bonchev–Trinajstić information content (AvgIpc) is 2.16. The summed E-state index contributed by atoms with van der Waals surface area (Å²) >= 11 is 0. The molecule has 0 spiro atoms. The summed E-state index contributed by atoms with van der Waals surface area (Å²) in [6, 6.07) is 5.79. The van der Waals surface area contributed by atoms with Crippen LogP contribution in [-0.2, 0) is 6.18 Å². The first kappa shape index (κ1) is 9.76. The molecule has 1 aromatic heterocycles. The molecule has 1 heterocycles. The second kappa shape index (κ2) is 3.12. The third-order valence-electron chi connectivity index (χ3n) is 2.07. The molecule has 0 aliphatic carbocycles. The van der Waals surface area contributed by atoms with E-state index in [9.17, 15) is 13.2 Å².